The van der Waals surface area contributed by atoms with Gasteiger partial charge in [0.05, 0.1) is 11.5 Å². The molecule has 1 fully saturated rings. The van der Waals surface area contributed by atoms with Crippen molar-refractivity contribution in [3.05, 3.63) is 16.1 Å². The summed E-state index contributed by atoms with van der Waals surface area (Å²) in [4.78, 5) is 5.58. The lowest BCUT2D eigenvalue weighted by Crippen LogP contribution is -2.44. The van der Waals surface area contributed by atoms with Crippen LogP contribution in [0.3, 0.4) is 0 Å². The highest BCUT2D eigenvalue weighted by Crippen LogP contribution is 2.35. The van der Waals surface area contributed by atoms with E-state index < -0.39 is 23.4 Å². The van der Waals surface area contributed by atoms with Crippen molar-refractivity contribution >= 4 is 11.3 Å². The Morgan fingerprint density at radius 1 is 1.63 bits per heavy atom. The molecule has 108 valence electrons. The van der Waals surface area contributed by atoms with Crippen LogP contribution < -0.4 is 0 Å². The van der Waals surface area contributed by atoms with E-state index >= 15 is 0 Å². The monoisotopic (exact) mass is 296 g/mol. The molecule has 0 bridgehead atoms. The van der Waals surface area contributed by atoms with Gasteiger partial charge in [-0.1, -0.05) is 6.92 Å². The fraction of sp³-hybridized carbons (Fsp3) is 0.727. The van der Waals surface area contributed by atoms with Gasteiger partial charge in [0, 0.05) is 19.3 Å². The van der Waals surface area contributed by atoms with Crippen molar-refractivity contribution in [3.63, 3.8) is 0 Å². The van der Waals surface area contributed by atoms with Gasteiger partial charge in [0.15, 0.2) is 5.01 Å². The minimum Gasteiger partial charge on any atom is -0.385 e. The molecular formula is C11H15F3N2O2S. The molecule has 0 saturated carbocycles. The number of rotatable bonds is 3. The summed E-state index contributed by atoms with van der Waals surface area (Å²) in [7, 11) is 0. The van der Waals surface area contributed by atoms with Gasteiger partial charge in [0.1, 0.15) is 12.2 Å². The van der Waals surface area contributed by atoms with Crippen LogP contribution in [0.1, 0.15) is 22.9 Å². The Labute approximate surface area is 112 Å². The first kappa shape index (κ1) is 14.7. The Hall–Kier alpha value is -0.700. The summed E-state index contributed by atoms with van der Waals surface area (Å²) < 4.78 is 42.8. The Morgan fingerprint density at radius 3 is 2.95 bits per heavy atom. The van der Waals surface area contributed by atoms with E-state index in [1.54, 1.807) is 0 Å². The number of hydrogen-bond acceptors (Lipinski definition) is 5. The quantitative estimate of drug-likeness (QED) is 0.925. The number of aromatic nitrogens is 1. The van der Waals surface area contributed by atoms with Crippen LogP contribution in [0.5, 0.6) is 0 Å². The van der Waals surface area contributed by atoms with E-state index in [9.17, 15) is 18.3 Å². The Kier molecular flexibility index (Phi) is 4.44. The van der Waals surface area contributed by atoms with Gasteiger partial charge in [-0.25, -0.2) is 4.98 Å². The number of morpholine rings is 1. The third-order valence-corrected chi connectivity index (χ3v) is 4.15. The van der Waals surface area contributed by atoms with Crippen molar-refractivity contribution in [2.45, 2.75) is 25.3 Å². The number of hydrogen-bond donors (Lipinski definition) is 1. The second-order valence-electron chi connectivity index (χ2n) is 4.31. The molecular weight excluding hydrogens is 281 g/mol. The normalized spacial score (nSPS) is 23.5. The van der Waals surface area contributed by atoms with Crippen LogP contribution >= 0.6 is 11.3 Å². The number of halogens is 3. The van der Waals surface area contributed by atoms with Crippen molar-refractivity contribution < 1.29 is 23.0 Å². The fourth-order valence-electron chi connectivity index (χ4n) is 1.95. The van der Waals surface area contributed by atoms with Crippen molar-refractivity contribution in [1.82, 2.24) is 9.88 Å². The molecule has 0 aliphatic carbocycles. The van der Waals surface area contributed by atoms with Gasteiger partial charge in [0.2, 0.25) is 0 Å². The van der Waals surface area contributed by atoms with Crippen molar-refractivity contribution in [1.29, 1.82) is 0 Å². The van der Waals surface area contributed by atoms with E-state index in [0.29, 0.717) is 24.5 Å². The van der Waals surface area contributed by atoms with Crippen molar-refractivity contribution in [2.24, 2.45) is 0 Å². The fourth-order valence-corrected chi connectivity index (χ4v) is 2.77. The molecule has 1 saturated heterocycles. The average Bonchev–Trinajstić information content (AvgIpc) is 2.87. The summed E-state index contributed by atoms with van der Waals surface area (Å²) in [6.07, 6.45) is -4.96. The van der Waals surface area contributed by atoms with Crippen LogP contribution in [0.15, 0.2) is 6.20 Å². The lowest BCUT2D eigenvalue weighted by Gasteiger charge is -2.34. The van der Waals surface area contributed by atoms with Crippen LogP contribution in [0.2, 0.25) is 0 Å². The molecule has 1 aliphatic rings. The molecule has 1 aromatic rings. The van der Waals surface area contributed by atoms with Gasteiger partial charge in [-0.3, -0.25) is 4.90 Å². The van der Waals surface area contributed by atoms with Gasteiger partial charge in [-0.2, -0.15) is 13.2 Å². The van der Waals surface area contributed by atoms with Crippen LogP contribution in [0.25, 0.3) is 0 Å². The molecule has 2 heterocycles. The molecule has 0 amide bonds. The van der Waals surface area contributed by atoms with E-state index in [0.717, 1.165) is 19.3 Å². The summed E-state index contributed by atoms with van der Waals surface area (Å²) in [5, 5.41) is 9.15. The number of ether oxygens (including phenoxy) is 1. The zero-order valence-corrected chi connectivity index (χ0v) is 11.2. The second-order valence-corrected chi connectivity index (χ2v) is 5.38. The maximum absolute atomic E-state index is 12.5. The number of aliphatic hydroxyl groups is 1. The Bertz CT molecular complexity index is 424. The maximum atomic E-state index is 12.5. The predicted molar refractivity (Wildman–Crippen MR) is 63.9 cm³/mol. The molecule has 2 unspecified atom stereocenters. The zero-order valence-electron chi connectivity index (χ0n) is 10.4. The summed E-state index contributed by atoms with van der Waals surface area (Å²) in [6.45, 7) is 4.57. The highest BCUT2D eigenvalue weighted by atomic mass is 32.1. The minimum atomic E-state index is -4.47. The summed E-state index contributed by atoms with van der Waals surface area (Å²) in [5.41, 5.74) is 0. The summed E-state index contributed by atoms with van der Waals surface area (Å²) in [6, 6.07) is 0. The molecule has 1 aromatic heterocycles. The van der Waals surface area contributed by atoms with Gasteiger partial charge in [0.25, 0.3) is 0 Å². The smallest absolute Gasteiger partial charge is 0.385 e. The molecule has 2 atom stereocenters. The Morgan fingerprint density at radius 2 is 2.37 bits per heavy atom. The average molecular weight is 296 g/mol. The van der Waals surface area contributed by atoms with Gasteiger partial charge in [-0.15, -0.1) is 11.3 Å². The molecule has 4 nitrogen and oxygen atoms in total. The highest BCUT2D eigenvalue weighted by molar-refractivity contribution is 7.11. The third-order valence-electron chi connectivity index (χ3n) is 3.03. The van der Waals surface area contributed by atoms with E-state index in [2.05, 4.69) is 9.88 Å². The number of thiazole rings is 1. The Balaban J connectivity index is 2.06. The lowest BCUT2D eigenvalue weighted by molar-refractivity contribution is -0.137. The summed E-state index contributed by atoms with van der Waals surface area (Å²) in [5.74, 6) is 0. The molecule has 2 rings (SSSR count). The first-order valence-electron chi connectivity index (χ1n) is 5.96. The molecule has 0 radical (unpaired) electrons. The SMILES string of the molecule is CCN1CCOC(C(O)c2cnc(C(F)(F)F)s2)C1. The zero-order chi connectivity index (χ0) is 14.0. The van der Waals surface area contributed by atoms with Crippen molar-refractivity contribution in [3.8, 4) is 0 Å². The number of nitrogens with zero attached hydrogens (tertiary/aromatic N) is 2. The number of likely N-dealkylation sites (N-methyl/N-ethyl adjacent to an activating group) is 1. The molecule has 8 heteroatoms. The van der Waals surface area contributed by atoms with Gasteiger partial charge < -0.3 is 9.84 Å². The maximum Gasteiger partial charge on any atom is 0.443 e. The van der Waals surface area contributed by atoms with Crippen LogP contribution in [-0.2, 0) is 10.9 Å². The van der Waals surface area contributed by atoms with E-state index in [-0.39, 0.29) is 4.88 Å². The minimum absolute atomic E-state index is 0.190. The summed E-state index contributed by atoms with van der Waals surface area (Å²) >= 11 is 0.466. The first-order valence-corrected chi connectivity index (χ1v) is 6.78. The molecule has 1 N–H and O–H groups in total. The second kappa shape index (κ2) is 5.74. The van der Waals surface area contributed by atoms with Gasteiger partial charge in [-0.05, 0) is 6.54 Å². The first-order chi connectivity index (χ1) is 8.91. The predicted octanol–water partition coefficient (Wildman–Crippen LogP) is 1.92. The van der Waals surface area contributed by atoms with Crippen LogP contribution in [0, 0.1) is 0 Å². The largest absolute Gasteiger partial charge is 0.443 e. The number of aliphatic hydroxyl groups excluding tert-OH is 1. The topological polar surface area (TPSA) is 45.6 Å². The van der Waals surface area contributed by atoms with Crippen LogP contribution in [0.4, 0.5) is 13.2 Å². The van der Waals surface area contributed by atoms with E-state index in [4.69, 9.17) is 4.74 Å². The van der Waals surface area contributed by atoms with Gasteiger partial charge >= 0.3 is 6.18 Å². The molecule has 19 heavy (non-hydrogen) atoms. The number of alkyl halides is 3. The third kappa shape index (κ3) is 3.44. The van der Waals surface area contributed by atoms with Crippen molar-refractivity contribution in [2.75, 3.05) is 26.2 Å². The van der Waals surface area contributed by atoms with E-state index in [1.165, 1.54) is 0 Å². The highest BCUT2D eigenvalue weighted by Gasteiger charge is 2.36. The standard InChI is InChI=1S/C11H15F3N2O2S/c1-2-16-3-4-18-7(6-16)9(17)8-5-15-10(19-8)11(12,13)14/h5,7,9,17H,2-4,6H2,1H3. The molecule has 0 spiro atoms. The van der Waals surface area contributed by atoms with Crippen LogP contribution in [-0.4, -0.2) is 47.3 Å². The molecule has 1 aliphatic heterocycles. The molecule has 0 aromatic carbocycles. The van der Waals surface area contributed by atoms with E-state index in [1.807, 2.05) is 6.92 Å². The lowest BCUT2D eigenvalue weighted by atomic mass is 10.1.